The zero-order chi connectivity index (χ0) is 18.4. The molecule has 134 valence electrons. The fourth-order valence-electron chi connectivity index (χ4n) is 2.80. The summed E-state index contributed by atoms with van der Waals surface area (Å²) in [6.45, 7) is 1.96. The highest BCUT2D eigenvalue weighted by molar-refractivity contribution is 8.30. The Kier molecular flexibility index (Phi) is 5.64. The molecule has 0 radical (unpaired) electrons. The lowest BCUT2D eigenvalue weighted by Crippen LogP contribution is -2.13. The SMILES string of the molecule is CCCC(=O)OS(c1ccccc1)(c1ccccc1)c1ccc(O)cc1. The molecule has 0 saturated carbocycles. The lowest BCUT2D eigenvalue weighted by atomic mass is 10.3. The summed E-state index contributed by atoms with van der Waals surface area (Å²) >= 11 is 0. The van der Waals surface area contributed by atoms with E-state index in [-0.39, 0.29) is 11.7 Å². The van der Waals surface area contributed by atoms with Gasteiger partial charge < -0.3 is 9.29 Å². The third-order valence-electron chi connectivity index (χ3n) is 3.99. The molecule has 1 N–H and O–H groups in total. The first-order valence-electron chi connectivity index (χ1n) is 8.61. The van der Waals surface area contributed by atoms with Crippen molar-refractivity contribution in [2.75, 3.05) is 0 Å². The molecule has 26 heavy (non-hydrogen) atoms. The molecule has 3 aromatic rings. The van der Waals surface area contributed by atoms with Crippen LogP contribution in [0.5, 0.6) is 5.75 Å². The maximum atomic E-state index is 12.6. The van der Waals surface area contributed by atoms with Gasteiger partial charge in [-0.25, -0.2) is 0 Å². The Morgan fingerprint density at radius 1 is 0.808 bits per heavy atom. The number of hydrogen-bond donors (Lipinski definition) is 1. The number of aromatic hydroxyl groups is 1. The van der Waals surface area contributed by atoms with Gasteiger partial charge in [-0.2, -0.15) is 0 Å². The van der Waals surface area contributed by atoms with E-state index in [1.54, 1.807) is 12.1 Å². The van der Waals surface area contributed by atoms with Gasteiger partial charge in [-0.05, 0) is 65.3 Å². The van der Waals surface area contributed by atoms with Gasteiger partial charge in [0.05, 0.1) is 0 Å². The van der Waals surface area contributed by atoms with Gasteiger partial charge in [-0.3, -0.25) is 4.79 Å². The van der Waals surface area contributed by atoms with Gasteiger partial charge in [-0.1, -0.05) is 43.3 Å². The Bertz CT molecular complexity index is 806. The highest BCUT2D eigenvalue weighted by Crippen LogP contribution is 2.69. The number of carbonyl (C=O) groups is 1. The van der Waals surface area contributed by atoms with Gasteiger partial charge in [0.1, 0.15) is 5.75 Å². The highest BCUT2D eigenvalue weighted by atomic mass is 32.3. The van der Waals surface area contributed by atoms with Crippen molar-refractivity contribution in [1.29, 1.82) is 0 Å². The molecule has 0 aliphatic carbocycles. The van der Waals surface area contributed by atoms with Crippen LogP contribution >= 0.6 is 10.3 Å². The van der Waals surface area contributed by atoms with E-state index in [1.807, 2.05) is 79.7 Å². The van der Waals surface area contributed by atoms with Crippen molar-refractivity contribution in [2.45, 2.75) is 34.5 Å². The zero-order valence-electron chi connectivity index (χ0n) is 14.7. The molecule has 0 unspecified atom stereocenters. The van der Waals surface area contributed by atoms with Crippen LogP contribution in [0.25, 0.3) is 0 Å². The van der Waals surface area contributed by atoms with E-state index < -0.39 is 10.3 Å². The molecular formula is C22H22O3S. The van der Waals surface area contributed by atoms with Crippen molar-refractivity contribution >= 4 is 16.3 Å². The second-order valence-electron chi connectivity index (χ2n) is 5.88. The van der Waals surface area contributed by atoms with Gasteiger partial charge in [0.25, 0.3) is 0 Å². The maximum Gasteiger partial charge on any atom is 0.317 e. The molecule has 3 nitrogen and oxygen atoms in total. The standard InChI is InChI=1S/C22H22O3S/c1-2-9-22(24)25-26(19-10-5-3-6-11-19,20-12-7-4-8-13-20)21-16-14-18(23)15-17-21/h3-8,10-17,23H,2,9H2,1H3. The van der Waals surface area contributed by atoms with Crippen LogP contribution in [0.3, 0.4) is 0 Å². The maximum absolute atomic E-state index is 12.6. The molecule has 0 fully saturated rings. The van der Waals surface area contributed by atoms with Crippen molar-refractivity contribution in [3.8, 4) is 5.75 Å². The molecule has 0 aliphatic rings. The van der Waals surface area contributed by atoms with E-state index in [9.17, 15) is 9.90 Å². The number of phenolic OH excluding ortho intramolecular Hbond substituents is 1. The molecule has 0 aliphatic heterocycles. The quantitative estimate of drug-likeness (QED) is 0.588. The first-order chi connectivity index (χ1) is 12.7. The first-order valence-corrected chi connectivity index (χ1v) is 10.2. The minimum atomic E-state index is -2.23. The monoisotopic (exact) mass is 366 g/mol. The van der Waals surface area contributed by atoms with Crippen molar-refractivity contribution in [3.05, 3.63) is 84.9 Å². The molecule has 0 atom stereocenters. The lowest BCUT2D eigenvalue weighted by molar-refractivity contribution is -0.133. The number of carbonyl (C=O) groups excluding carboxylic acids is 1. The Balaban J connectivity index is 2.26. The van der Waals surface area contributed by atoms with Crippen molar-refractivity contribution < 1.29 is 14.1 Å². The predicted molar refractivity (Wildman–Crippen MR) is 104 cm³/mol. The Labute approximate surface area is 155 Å². The highest BCUT2D eigenvalue weighted by Gasteiger charge is 2.35. The van der Waals surface area contributed by atoms with Crippen molar-refractivity contribution in [3.63, 3.8) is 0 Å². The molecule has 0 saturated heterocycles. The van der Waals surface area contributed by atoms with Crippen LogP contribution in [-0.4, -0.2) is 11.1 Å². The summed E-state index contributed by atoms with van der Waals surface area (Å²) in [5.74, 6) is -0.0358. The average Bonchev–Trinajstić information content (AvgIpc) is 2.68. The Morgan fingerprint density at radius 2 is 1.27 bits per heavy atom. The van der Waals surface area contributed by atoms with Crippen LogP contribution in [0.15, 0.2) is 99.6 Å². The van der Waals surface area contributed by atoms with Crippen LogP contribution in [-0.2, 0) is 8.98 Å². The normalized spacial score (nSPS) is 11.7. The molecule has 0 aromatic heterocycles. The molecule has 0 spiro atoms. The molecule has 3 rings (SSSR count). The number of rotatable bonds is 6. The third-order valence-corrected chi connectivity index (χ3v) is 7.23. The first kappa shape index (κ1) is 18.1. The van der Waals surface area contributed by atoms with E-state index in [0.29, 0.717) is 6.42 Å². The van der Waals surface area contributed by atoms with E-state index >= 15 is 0 Å². The van der Waals surface area contributed by atoms with E-state index in [4.69, 9.17) is 4.18 Å². The summed E-state index contributed by atoms with van der Waals surface area (Å²) in [6, 6.07) is 26.6. The van der Waals surface area contributed by atoms with E-state index in [0.717, 1.165) is 21.1 Å². The van der Waals surface area contributed by atoms with Crippen molar-refractivity contribution in [1.82, 2.24) is 0 Å². The summed E-state index contributed by atoms with van der Waals surface area (Å²) in [7, 11) is -2.23. The van der Waals surface area contributed by atoms with E-state index in [2.05, 4.69) is 0 Å². The third kappa shape index (κ3) is 3.60. The van der Waals surface area contributed by atoms with Crippen LogP contribution < -0.4 is 0 Å². The largest absolute Gasteiger partial charge is 0.508 e. The number of hydrogen-bond acceptors (Lipinski definition) is 3. The molecule has 0 heterocycles. The zero-order valence-corrected chi connectivity index (χ0v) is 15.5. The molecule has 4 heteroatoms. The fraction of sp³-hybridized carbons (Fsp3) is 0.136. The van der Waals surface area contributed by atoms with Gasteiger partial charge in [0.15, 0.2) is 0 Å². The molecular weight excluding hydrogens is 344 g/mol. The fourth-order valence-corrected chi connectivity index (χ4v) is 5.87. The van der Waals surface area contributed by atoms with Gasteiger partial charge in [0.2, 0.25) is 0 Å². The minimum absolute atomic E-state index is 0.183. The Hall–Kier alpha value is -2.72. The minimum Gasteiger partial charge on any atom is -0.508 e. The summed E-state index contributed by atoms with van der Waals surface area (Å²) < 4.78 is 6.24. The average molecular weight is 366 g/mol. The van der Waals surface area contributed by atoms with E-state index in [1.165, 1.54) is 0 Å². The van der Waals surface area contributed by atoms with Crippen LogP contribution in [0, 0.1) is 0 Å². The molecule has 3 aromatic carbocycles. The topological polar surface area (TPSA) is 46.5 Å². The van der Waals surface area contributed by atoms with Gasteiger partial charge in [-0.15, -0.1) is 0 Å². The van der Waals surface area contributed by atoms with Gasteiger partial charge >= 0.3 is 5.97 Å². The summed E-state index contributed by atoms with van der Waals surface area (Å²) in [5.41, 5.74) is 0. The Morgan fingerprint density at radius 3 is 1.73 bits per heavy atom. The second-order valence-corrected chi connectivity index (χ2v) is 8.57. The summed E-state index contributed by atoms with van der Waals surface area (Å²) in [4.78, 5) is 15.4. The second kappa shape index (κ2) is 8.11. The molecule has 0 amide bonds. The summed E-state index contributed by atoms with van der Waals surface area (Å²) in [5, 5.41) is 9.73. The van der Waals surface area contributed by atoms with Crippen molar-refractivity contribution in [2.24, 2.45) is 0 Å². The molecule has 0 bridgehead atoms. The number of phenols is 1. The van der Waals surface area contributed by atoms with Gasteiger partial charge in [0, 0.05) is 21.1 Å². The predicted octanol–water partition coefficient (Wildman–Crippen LogP) is 5.93. The number of benzene rings is 3. The van der Waals surface area contributed by atoms with Crippen LogP contribution in [0.1, 0.15) is 19.8 Å². The summed E-state index contributed by atoms with van der Waals surface area (Å²) in [6.07, 6.45) is 1.10. The van der Waals surface area contributed by atoms with Crippen LogP contribution in [0.4, 0.5) is 0 Å². The lowest BCUT2D eigenvalue weighted by Gasteiger charge is -2.39. The smallest absolute Gasteiger partial charge is 0.317 e. The van der Waals surface area contributed by atoms with Crippen LogP contribution in [0.2, 0.25) is 0 Å².